The Morgan fingerprint density at radius 1 is 1.40 bits per heavy atom. The van der Waals surface area contributed by atoms with Crippen LogP contribution in [0.1, 0.15) is 32.8 Å². The van der Waals surface area contributed by atoms with Gasteiger partial charge in [0.25, 0.3) is 0 Å². The predicted octanol–water partition coefficient (Wildman–Crippen LogP) is 4.17. The van der Waals surface area contributed by atoms with Gasteiger partial charge in [-0.25, -0.2) is 9.31 Å². The summed E-state index contributed by atoms with van der Waals surface area (Å²) in [6.45, 7) is 6.41. The lowest BCUT2D eigenvalue weighted by Gasteiger charge is -2.25. The summed E-state index contributed by atoms with van der Waals surface area (Å²) in [5.41, 5.74) is 0.506. The number of nitrogens with zero attached hydrogens (tertiary/aromatic N) is 3. The molecule has 0 radical (unpaired) electrons. The number of carbonyl (C=O) groups excluding carboxylic acids is 1. The van der Waals surface area contributed by atoms with Crippen LogP contribution in [0.5, 0.6) is 0 Å². The van der Waals surface area contributed by atoms with Gasteiger partial charge in [0.15, 0.2) is 0 Å². The maximum atomic E-state index is 12.4. The number of hydrogen-bond donors (Lipinski definition) is 0. The number of hydrogen-bond acceptors (Lipinski definition) is 5. The molecule has 0 aliphatic carbocycles. The highest BCUT2D eigenvalue weighted by Crippen LogP contribution is 2.37. The number of halogens is 2. The number of amides is 1. The van der Waals surface area contributed by atoms with E-state index in [0.29, 0.717) is 35.3 Å². The highest BCUT2D eigenvalue weighted by atomic mass is 79.9. The third kappa shape index (κ3) is 3.62. The molecule has 0 saturated carbocycles. The molecule has 0 spiro atoms. The molecule has 3 rings (SSSR count). The monoisotopic (exact) mass is 431 g/mol. The van der Waals surface area contributed by atoms with Crippen LogP contribution in [-0.2, 0) is 14.2 Å². The molecule has 136 valence electrons. The van der Waals surface area contributed by atoms with Crippen LogP contribution in [0.4, 0.5) is 10.6 Å². The van der Waals surface area contributed by atoms with Gasteiger partial charge in [0, 0.05) is 11.5 Å². The van der Waals surface area contributed by atoms with Crippen molar-refractivity contribution in [2.24, 2.45) is 0 Å². The maximum Gasteiger partial charge on any atom is 0.415 e. The van der Waals surface area contributed by atoms with Crippen molar-refractivity contribution in [1.29, 1.82) is 0 Å². The first-order valence-electron chi connectivity index (χ1n) is 7.75. The van der Waals surface area contributed by atoms with E-state index in [0.717, 1.165) is 4.47 Å². The smallest absolute Gasteiger partial charge is 0.415 e. The van der Waals surface area contributed by atoms with E-state index >= 15 is 0 Å². The summed E-state index contributed by atoms with van der Waals surface area (Å²) in [6, 6.07) is 3.56. The fourth-order valence-corrected chi connectivity index (χ4v) is 3.35. The van der Waals surface area contributed by atoms with E-state index in [9.17, 15) is 4.79 Å². The molecular weight excluding hydrogens is 414 g/mol. The Balaban J connectivity index is 2.05. The normalized spacial score (nSPS) is 15.8. The molecule has 3 heterocycles. The van der Waals surface area contributed by atoms with Gasteiger partial charge in [0.1, 0.15) is 22.6 Å². The molecule has 25 heavy (non-hydrogen) atoms. The summed E-state index contributed by atoms with van der Waals surface area (Å²) >= 11 is 9.97. The number of rotatable bonds is 2. The molecule has 1 aliphatic heterocycles. The maximum absolute atomic E-state index is 12.4. The molecule has 0 unspecified atom stereocenters. The molecule has 1 aliphatic rings. The Labute approximate surface area is 158 Å². The van der Waals surface area contributed by atoms with Crippen LogP contribution in [-0.4, -0.2) is 41.6 Å². The number of pyridine rings is 1. The molecular formula is C16H19BrClN3O4. The van der Waals surface area contributed by atoms with E-state index in [1.807, 2.05) is 20.8 Å². The Bertz CT molecular complexity index is 812. The third-order valence-corrected chi connectivity index (χ3v) is 4.54. The molecule has 0 atom stereocenters. The second-order valence-corrected chi connectivity index (χ2v) is 7.84. The summed E-state index contributed by atoms with van der Waals surface area (Å²) in [4.78, 5) is 13.8. The van der Waals surface area contributed by atoms with E-state index in [2.05, 4.69) is 21.0 Å². The van der Waals surface area contributed by atoms with E-state index in [1.165, 1.54) is 4.90 Å². The fraction of sp³-hybridized carbons (Fsp3) is 0.500. The van der Waals surface area contributed by atoms with Gasteiger partial charge in [-0.3, -0.25) is 4.90 Å². The Kier molecular flexibility index (Phi) is 4.98. The lowest BCUT2D eigenvalue weighted by atomic mass is 10.2. The minimum Gasteiger partial charge on any atom is -0.443 e. The fourth-order valence-electron chi connectivity index (χ4n) is 2.43. The zero-order valence-corrected chi connectivity index (χ0v) is 16.7. The second kappa shape index (κ2) is 6.75. The summed E-state index contributed by atoms with van der Waals surface area (Å²) in [7, 11) is 1.62. The van der Waals surface area contributed by atoms with Gasteiger partial charge in [-0.05, 0) is 48.8 Å². The van der Waals surface area contributed by atoms with Crippen LogP contribution < -0.4 is 4.90 Å². The lowest BCUT2D eigenvalue weighted by molar-refractivity contribution is -0.0473. The molecule has 1 saturated heterocycles. The number of carbonyl (C=O) groups is 1. The van der Waals surface area contributed by atoms with Crippen LogP contribution in [0.15, 0.2) is 16.6 Å². The van der Waals surface area contributed by atoms with Gasteiger partial charge in [-0.2, -0.15) is 5.10 Å². The van der Waals surface area contributed by atoms with Crippen LogP contribution in [0.3, 0.4) is 0 Å². The molecule has 2 aromatic rings. The summed E-state index contributed by atoms with van der Waals surface area (Å²) < 4.78 is 18.7. The summed E-state index contributed by atoms with van der Waals surface area (Å²) in [6.07, 6.45) is -1.10. The third-order valence-electron chi connectivity index (χ3n) is 3.53. The lowest BCUT2D eigenvalue weighted by Crippen LogP contribution is -2.35. The average molecular weight is 433 g/mol. The second-order valence-electron chi connectivity index (χ2n) is 6.61. The van der Waals surface area contributed by atoms with Crippen LogP contribution >= 0.6 is 27.5 Å². The van der Waals surface area contributed by atoms with Gasteiger partial charge < -0.3 is 14.2 Å². The summed E-state index contributed by atoms with van der Waals surface area (Å²) in [5, 5.41) is 4.93. The van der Waals surface area contributed by atoms with Gasteiger partial charge in [0.05, 0.1) is 18.2 Å². The Morgan fingerprint density at radius 2 is 2.04 bits per heavy atom. The average Bonchev–Trinajstić information content (AvgIpc) is 3.13. The number of aromatic nitrogens is 2. The number of fused-ring (bicyclic) bond motifs is 1. The molecule has 1 fully saturated rings. The molecule has 7 nitrogen and oxygen atoms in total. The quantitative estimate of drug-likeness (QED) is 0.713. The van der Waals surface area contributed by atoms with Crippen molar-refractivity contribution >= 4 is 45.0 Å². The molecule has 2 aromatic heterocycles. The Hall–Kier alpha value is -1.35. The van der Waals surface area contributed by atoms with Crippen molar-refractivity contribution in [2.75, 3.05) is 25.2 Å². The summed E-state index contributed by atoms with van der Waals surface area (Å²) in [5.74, 6) is 0.513. The zero-order chi connectivity index (χ0) is 18.4. The van der Waals surface area contributed by atoms with Crippen LogP contribution in [0.2, 0.25) is 5.02 Å². The van der Waals surface area contributed by atoms with Gasteiger partial charge in [-0.15, -0.1) is 0 Å². The highest BCUT2D eigenvalue weighted by molar-refractivity contribution is 9.10. The molecule has 1 amide bonds. The van der Waals surface area contributed by atoms with Crippen molar-refractivity contribution in [3.05, 3.63) is 27.3 Å². The first kappa shape index (κ1) is 18.4. The van der Waals surface area contributed by atoms with Crippen LogP contribution in [0, 0.1) is 0 Å². The van der Waals surface area contributed by atoms with Gasteiger partial charge in [0.2, 0.25) is 6.29 Å². The van der Waals surface area contributed by atoms with Crippen molar-refractivity contribution in [3.8, 4) is 0 Å². The predicted molar refractivity (Wildman–Crippen MR) is 97.2 cm³/mol. The molecule has 9 heteroatoms. The van der Waals surface area contributed by atoms with Gasteiger partial charge >= 0.3 is 6.09 Å². The van der Waals surface area contributed by atoms with E-state index < -0.39 is 18.0 Å². The van der Waals surface area contributed by atoms with E-state index in [4.69, 9.17) is 25.8 Å². The van der Waals surface area contributed by atoms with E-state index in [1.54, 1.807) is 23.7 Å². The molecule has 0 bridgehead atoms. The van der Waals surface area contributed by atoms with Crippen molar-refractivity contribution in [3.63, 3.8) is 0 Å². The number of anilines is 1. The molecule has 0 N–H and O–H groups in total. The SMILES string of the molecule is CN(C(=O)OC(C)(C)C)c1ccc(Br)c2c(Cl)c(C3OCCO3)nn12. The largest absolute Gasteiger partial charge is 0.443 e. The minimum absolute atomic E-state index is 0.415. The minimum atomic E-state index is -0.612. The van der Waals surface area contributed by atoms with Crippen molar-refractivity contribution < 1.29 is 19.0 Å². The Morgan fingerprint density at radius 3 is 2.64 bits per heavy atom. The van der Waals surface area contributed by atoms with Crippen LogP contribution in [0.25, 0.3) is 5.52 Å². The van der Waals surface area contributed by atoms with Crippen molar-refractivity contribution in [1.82, 2.24) is 9.61 Å². The standard InChI is InChI=1S/C16H19BrClN3O4/c1-16(2,3)25-15(22)20(4)10-6-5-9(17)13-11(18)12(19-21(10)13)14-23-7-8-24-14/h5-6,14H,7-8H2,1-4H3. The first-order chi connectivity index (χ1) is 11.7. The zero-order valence-electron chi connectivity index (χ0n) is 14.4. The molecule has 0 aromatic carbocycles. The van der Waals surface area contributed by atoms with Crippen molar-refractivity contribution in [2.45, 2.75) is 32.7 Å². The van der Waals surface area contributed by atoms with Gasteiger partial charge in [-0.1, -0.05) is 11.6 Å². The topological polar surface area (TPSA) is 65.3 Å². The number of ether oxygens (including phenoxy) is 3. The van der Waals surface area contributed by atoms with E-state index in [-0.39, 0.29) is 0 Å². The highest BCUT2D eigenvalue weighted by Gasteiger charge is 2.29. The first-order valence-corrected chi connectivity index (χ1v) is 8.92.